The predicted octanol–water partition coefficient (Wildman–Crippen LogP) is 8.32. The molecule has 0 atom stereocenters. The van der Waals surface area contributed by atoms with Gasteiger partial charge in [0.05, 0.1) is 25.1 Å². The topological polar surface area (TPSA) is 130 Å². The number of ether oxygens (including phenoxy) is 3. The van der Waals surface area contributed by atoms with Gasteiger partial charge in [0.2, 0.25) is 19.7 Å². The third kappa shape index (κ3) is 10.1. The first kappa shape index (κ1) is 38.2. The summed E-state index contributed by atoms with van der Waals surface area (Å²) in [5, 5.41) is 0. The highest BCUT2D eigenvalue weighted by atomic mass is 32.2. The Morgan fingerprint density at radius 2 is 0.849 bits per heavy atom. The van der Waals surface area contributed by atoms with Crippen molar-refractivity contribution in [1.82, 2.24) is 0 Å². The van der Waals surface area contributed by atoms with Crippen LogP contribution in [-0.4, -0.2) is 28.6 Å². The van der Waals surface area contributed by atoms with E-state index in [1.165, 1.54) is 74.5 Å². The second kappa shape index (κ2) is 17.5. The Hall–Kier alpha value is -6.04. The average molecular weight is 749 g/mol. The Morgan fingerprint density at radius 3 is 1.28 bits per heavy atom. The summed E-state index contributed by atoms with van der Waals surface area (Å²) in [6, 6.07) is 43.9. The van der Waals surface area contributed by atoms with Crippen molar-refractivity contribution in [2.45, 2.75) is 46.6 Å². The second-order valence-corrected chi connectivity index (χ2v) is 15.5. The minimum absolute atomic E-state index is 0.0250. The van der Waals surface area contributed by atoms with Crippen LogP contribution in [0.25, 0.3) is 0 Å². The lowest BCUT2D eigenvalue weighted by molar-refractivity contribution is -0.132. The van der Waals surface area contributed by atoms with Gasteiger partial charge in [0.25, 0.3) is 0 Å². The lowest BCUT2D eigenvalue weighted by Gasteiger charge is -2.13. The van der Waals surface area contributed by atoms with E-state index in [2.05, 4.69) is 0 Å². The summed E-state index contributed by atoms with van der Waals surface area (Å²) in [5.41, 5.74) is 2.15. The molecule has 6 aromatic carbocycles. The lowest BCUT2D eigenvalue weighted by Crippen LogP contribution is -2.07. The molecule has 0 aromatic heterocycles. The summed E-state index contributed by atoms with van der Waals surface area (Å²) in [7, 11) is -7.41. The zero-order chi connectivity index (χ0) is 37.8. The van der Waals surface area contributed by atoms with Crippen molar-refractivity contribution in [2.24, 2.45) is 0 Å². The molecule has 6 aromatic rings. The van der Waals surface area contributed by atoms with Gasteiger partial charge in [-0.25, -0.2) is 16.8 Å². The molecule has 0 fully saturated rings. The fourth-order valence-corrected chi connectivity index (χ4v) is 7.63. The van der Waals surface area contributed by atoms with E-state index in [0.29, 0.717) is 18.1 Å². The SMILES string of the molecule is CC(=O)Oc1cc(S(=O)(=O)c2ccccc2)ccc1OCc1ccccc1.CC(=O)c1cc(S(=O)(=O)c2ccccc2)ccc1OCc1ccccc1. The number of sulfone groups is 2. The number of carbonyl (C=O) groups is 2. The number of Topliss-reactive ketones (excluding diaryl/α,β-unsaturated/α-hetero) is 1. The van der Waals surface area contributed by atoms with Gasteiger partial charge in [0, 0.05) is 13.0 Å². The van der Waals surface area contributed by atoms with Crippen LogP contribution >= 0.6 is 0 Å². The van der Waals surface area contributed by atoms with Crippen molar-refractivity contribution in [3.05, 3.63) is 174 Å². The summed E-state index contributed by atoms with van der Waals surface area (Å²) in [4.78, 5) is 23.9. The van der Waals surface area contributed by atoms with E-state index in [-0.39, 0.29) is 43.3 Å². The monoisotopic (exact) mass is 748 g/mol. The Morgan fingerprint density at radius 1 is 0.453 bits per heavy atom. The summed E-state index contributed by atoms with van der Waals surface area (Å²) >= 11 is 0. The largest absolute Gasteiger partial charge is 0.488 e. The first-order valence-electron chi connectivity index (χ1n) is 16.4. The Bertz CT molecular complexity index is 2380. The highest BCUT2D eigenvalue weighted by Gasteiger charge is 2.22. The molecule has 0 bridgehead atoms. The van der Waals surface area contributed by atoms with Crippen LogP contribution in [0, 0.1) is 0 Å². The number of hydrogen-bond donors (Lipinski definition) is 0. The third-order valence-electron chi connectivity index (χ3n) is 7.70. The fraction of sp³-hybridized carbons (Fsp3) is 0.0952. The van der Waals surface area contributed by atoms with Gasteiger partial charge in [-0.1, -0.05) is 97.1 Å². The first-order chi connectivity index (χ1) is 25.4. The van der Waals surface area contributed by atoms with Crippen LogP contribution in [0.5, 0.6) is 17.2 Å². The molecule has 53 heavy (non-hydrogen) atoms. The van der Waals surface area contributed by atoms with Gasteiger partial charge in [-0.3, -0.25) is 9.59 Å². The molecule has 11 heteroatoms. The maximum Gasteiger partial charge on any atom is 0.308 e. The normalized spacial score (nSPS) is 11.1. The van der Waals surface area contributed by atoms with E-state index < -0.39 is 25.6 Å². The maximum absolute atomic E-state index is 12.8. The molecule has 6 rings (SSSR count). The molecule has 9 nitrogen and oxygen atoms in total. The molecular weight excluding hydrogens is 713 g/mol. The molecule has 0 unspecified atom stereocenters. The van der Waals surface area contributed by atoms with E-state index in [1.54, 1.807) is 36.4 Å². The van der Waals surface area contributed by atoms with E-state index in [0.717, 1.165) is 11.1 Å². The van der Waals surface area contributed by atoms with Crippen LogP contribution in [-0.2, 0) is 37.7 Å². The Labute approximate surface area is 309 Å². The highest BCUT2D eigenvalue weighted by molar-refractivity contribution is 7.91. The summed E-state index contributed by atoms with van der Waals surface area (Å²) in [6.45, 7) is 3.20. The molecule has 0 saturated heterocycles. The van der Waals surface area contributed by atoms with Crippen molar-refractivity contribution in [3.8, 4) is 17.2 Å². The fourth-order valence-electron chi connectivity index (χ4n) is 5.03. The van der Waals surface area contributed by atoms with Crippen molar-refractivity contribution < 1.29 is 40.6 Å². The minimum Gasteiger partial charge on any atom is -0.488 e. The zero-order valence-corrected chi connectivity index (χ0v) is 30.5. The standard InChI is InChI=1S/C21H18O5S.C21H18O4S/c1-16(22)26-21-14-19(27(23,24)18-10-6-3-7-11-18)12-13-20(21)25-15-17-8-4-2-5-9-17;1-16(22)20-14-19(26(23,24)18-10-6-3-7-11-18)12-13-21(20)25-15-17-8-4-2-5-9-17/h2-14H,15H2,1H3;2-14H,15H2,1H3. The van der Waals surface area contributed by atoms with Crippen molar-refractivity contribution >= 4 is 31.4 Å². The van der Waals surface area contributed by atoms with E-state index >= 15 is 0 Å². The third-order valence-corrected chi connectivity index (χ3v) is 11.2. The van der Waals surface area contributed by atoms with E-state index in [9.17, 15) is 26.4 Å². The van der Waals surface area contributed by atoms with Crippen molar-refractivity contribution in [3.63, 3.8) is 0 Å². The first-order valence-corrected chi connectivity index (χ1v) is 19.3. The number of ketones is 1. The highest BCUT2D eigenvalue weighted by Crippen LogP contribution is 2.33. The van der Waals surface area contributed by atoms with Gasteiger partial charge < -0.3 is 14.2 Å². The Balaban J connectivity index is 0.000000204. The van der Waals surface area contributed by atoms with E-state index in [1.807, 2.05) is 60.7 Å². The molecular formula is C42H36O9S2. The van der Waals surface area contributed by atoms with Gasteiger partial charge >= 0.3 is 5.97 Å². The zero-order valence-electron chi connectivity index (χ0n) is 28.9. The van der Waals surface area contributed by atoms with Crippen LogP contribution in [0.4, 0.5) is 0 Å². The van der Waals surface area contributed by atoms with E-state index in [4.69, 9.17) is 14.2 Å². The molecule has 0 aliphatic heterocycles. The van der Waals surface area contributed by atoms with Gasteiger partial charge in [-0.15, -0.1) is 0 Å². The van der Waals surface area contributed by atoms with Crippen LogP contribution in [0.1, 0.15) is 35.3 Å². The summed E-state index contributed by atoms with van der Waals surface area (Å²) < 4.78 is 67.7. The Kier molecular flexibility index (Phi) is 12.6. The molecule has 0 aliphatic carbocycles. The average Bonchev–Trinajstić information content (AvgIpc) is 3.18. The summed E-state index contributed by atoms with van der Waals surface area (Å²) in [5.74, 6) is -0.0862. The molecule has 0 radical (unpaired) electrons. The smallest absolute Gasteiger partial charge is 0.308 e. The number of carbonyl (C=O) groups excluding carboxylic acids is 2. The van der Waals surface area contributed by atoms with Crippen LogP contribution in [0.2, 0.25) is 0 Å². The molecule has 270 valence electrons. The number of esters is 1. The molecule has 0 saturated carbocycles. The van der Waals surface area contributed by atoms with Crippen molar-refractivity contribution in [1.29, 1.82) is 0 Å². The lowest BCUT2D eigenvalue weighted by atomic mass is 10.1. The number of rotatable bonds is 12. The van der Waals surface area contributed by atoms with Crippen LogP contribution in [0.3, 0.4) is 0 Å². The van der Waals surface area contributed by atoms with Gasteiger partial charge in [0.1, 0.15) is 19.0 Å². The maximum atomic E-state index is 12.8. The van der Waals surface area contributed by atoms with Gasteiger partial charge in [-0.2, -0.15) is 0 Å². The van der Waals surface area contributed by atoms with Crippen LogP contribution in [0.15, 0.2) is 177 Å². The van der Waals surface area contributed by atoms with Crippen molar-refractivity contribution in [2.75, 3.05) is 0 Å². The number of benzene rings is 6. The predicted molar refractivity (Wildman–Crippen MR) is 200 cm³/mol. The molecule has 0 spiro atoms. The quantitative estimate of drug-likeness (QED) is 0.0689. The summed E-state index contributed by atoms with van der Waals surface area (Å²) in [6.07, 6.45) is 0. The number of hydrogen-bond acceptors (Lipinski definition) is 9. The van der Waals surface area contributed by atoms with Crippen LogP contribution < -0.4 is 14.2 Å². The van der Waals surface area contributed by atoms with Gasteiger partial charge in [0.15, 0.2) is 17.3 Å². The molecule has 0 amide bonds. The molecule has 0 N–H and O–H groups in total. The molecule has 0 heterocycles. The second-order valence-electron chi connectivity index (χ2n) is 11.6. The minimum atomic E-state index is -3.73. The molecule has 0 aliphatic rings. The van der Waals surface area contributed by atoms with Gasteiger partial charge in [-0.05, 0) is 72.6 Å².